The molecule has 1 aromatic heterocycles. The first-order valence-corrected chi connectivity index (χ1v) is 11.3. The van der Waals surface area contributed by atoms with Crippen LogP contribution in [-0.2, 0) is 28.4 Å². The monoisotopic (exact) mass is 433 g/mol. The zero-order chi connectivity index (χ0) is 21.9. The van der Waals surface area contributed by atoms with Gasteiger partial charge in [-0.2, -0.15) is 0 Å². The molecule has 8 heteroatoms. The highest BCUT2D eigenvalue weighted by Gasteiger charge is 2.17. The van der Waals surface area contributed by atoms with E-state index in [1.165, 1.54) is 0 Å². The average molecular weight is 433 g/mol. The van der Waals surface area contributed by atoms with Crippen LogP contribution < -0.4 is 10.3 Å². The number of benzene rings is 2. The Morgan fingerprint density at radius 3 is 2.43 bits per heavy atom. The Morgan fingerprint density at radius 2 is 1.77 bits per heavy atom. The predicted molar refractivity (Wildman–Crippen MR) is 111 cm³/mol. The van der Waals surface area contributed by atoms with Crippen LogP contribution in [0.4, 0.5) is 8.78 Å². The normalized spacial score (nSPS) is 11.5. The van der Waals surface area contributed by atoms with Crippen molar-refractivity contribution in [1.29, 1.82) is 0 Å². The van der Waals surface area contributed by atoms with Crippen LogP contribution in [0.2, 0.25) is 0 Å². The number of aromatic amines is 1. The first kappa shape index (κ1) is 21.7. The van der Waals surface area contributed by atoms with Crippen LogP contribution in [0.5, 0.6) is 11.5 Å². The molecule has 0 aliphatic rings. The number of halogens is 2. The molecule has 0 unspecified atom stereocenters. The fourth-order valence-corrected chi connectivity index (χ4v) is 3.90. The molecule has 0 atom stereocenters. The number of hydrogen-bond donors (Lipinski definition) is 1. The molecule has 5 nitrogen and oxygen atoms in total. The third-order valence-electron chi connectivity index (χ3n) is 4.53. The maximum Gasteiger partial charge on any atom is 0.250 e. The highest BCUT2D eigenvalue weighted by molar-refractivity contribution is 7.89. The number of ether oxygens (including phenoxy) is 1. The van der Waals surface area contributed by atoms with E-state index in [0.29, 0.717) is 35.6 Å². The van der Waals surface area contributed by atoms with Crippen LogP contribution in [-0.4, -0.2) is 19.7 Å². The highest BCUT2D eigenvalue weighted by Crippen LogP contribution is 2.33. The summed E-state index contributed by atoms with van der Waals surface area (Å²) in [6.07, 6.45) is 3.73. The molecular formula is C22H21F2NO4S. The molecule has 158 valence electrons. The van der Waals surface area contributed by atoms with E-state index in [-0.39, 0.29) is 22.8 Å². The summed E-state index contributed by atoms with van der Waals surface area (Å²) in [5.41, 5.74) is 2.37. The maximum absolute atomic E-state index is 14.2. The zero-order valence-corrected chi connectivity index (χ0v) is 17.4. The van der Waals surface area contributed by atoms with Crippen molar-refractivity contribution in [2.24, 2.45) is 0 Å². The number of sulfone groups is 1. The summed E-state index contributed by atoms with van der Waals surface area (Å²) in [6, 6.07) is 9.79. The van der Waals surface area contributed by atoms with Gasteiger partial charge in [0.15, 0.2) is 21.4 Å². The third kappa shape index (κ3) is 5.54. The molecule has 1 heterocycles. The molecule has 0 saturated heterocycles. The number of aromatic nitrogens is 1. The number of nitrogens with one attached hydrogen (secondary N) is 1. The van der Waals surface area contributed by atoms with Crippen molar-refractivity contribution in [3.8, 4) is 11.5 Å². The molecule has 3 rings (SSSR count). The van der Waals surface area contributed by atoms with Gasteiger partial charge in [0.25, 0.3) is 5.56 Å². The standard InChI is InChI=1S/C22H21F2NO4S/c1-14-10-15(12-25-22(14)26)6-7-16-4-3-5-17(13-30(2,27)28)21(16)29-20-9-8-18(23)11-19(20)24/h3-5,8-12H,6-7,13H2,1-2H3,(H,25,26). The Bertz CT molecular complexity index is 1240. The number of rotatable bonds is 7. The number of pyridine rings is 1. The minimum absolute atomic E-state index is 0.162. The van der Waals surface area contributed by atoms with Gasteiger partial charge in [0.05, 0.1) is 5.75 Å². The highest BCUT2D eigenvalue weighted by atomic mass is 32.2. The Balaban J connectivity index is 1.97. The quantitative estimate of drug-likeness (QED) is 0.609. The lowest BCUT2D eigenvalue weighted by atomic mass is 10.0. The van der Waals surface area contributed by atoms with Crippen molar-refractivity contribution >= 4 is 9.84 Å². The lowest BCUT2D eigenvalue weighted by molar-refractivity contribution is 0.430. The summed E-state index contributed by atoms with van der Waals surface area (Å²) in [5, 5.41) is 0. The fraction of sp³-hybridized carbons (Fsp3) is 0.227. The molecule has 0 fully saturated rings. The molecule has 30 heavy (non-hydrogen) atoms. The summed E-state index contributed by atoms with van der Waals surface area (Å²) in [7, 11) is -3.38. The van der Waals surface area contributed by atoms with Crippen molar-refractivity contribution < 1.29 is 21.9 Å². The summed E-state index contributed by atoms with van der Waals surface area (Å²) in [6.45, 7) is 1.71. The molecule has 2 aromatic carbocycles. The molecule has 0 saturated carbocycles. The Hall–Kier alpha value is -3.00. The van der Waals surface area contributed by atoms with Crippen molar-refractivity contribution in [1.82, 2.24) is 4.98 Å². The number of aryl methyl sites for hydroxylation is 3. The minimum Gasteiger partial charge on any atom is -0.454 e. The van der Waals surface area contributed by atoms with Crippen molar-refractivity contribution in [2.75, 3.05) is 6.26 Å². The second-order valence-electron chi connectivity index (χ2n) is 7.17. The summed E-state index contributed by atoms with van der Waals surface area (Å²) in [5.74, 6) is -1.87. The van der Waals surface area contributed by atoms with Crippen LogP contribution in [0.15, 0.2) is 53.5 Å². The van der Waals surface area contributed by atoms with Gasteiger partial charge in [-0.05, 0) is 49.1 Å². The summed E-state index contributed by atoms with van der Waals surface area (Å²) < 4.78 is 56.9. The Morgan fingerprint density at radius 1 is 1.03 bits per heavy atom. The fourth-order valence-electron chi connectivity index (χ4n) is 3.11. The smallest absolute Gasteiger partial charge is 0.250 e. The maximum atomic E-state index is 14.2. The molecular weight excluding hydrogens is 412 g/mol. The molecule has 0 amide bonds. The summed E-state index contributed by atoms with van der Waals surface area (Å²) in [4.78, 5) is 14.2. The molecule has 0 aliphatic carbocycles. The number of hydrogen-bond acceptors (Lipinski definition) is 4. The van der Waals surface area contributed by atoms with E-state index in [2.05, 4.69) is 4.98 Å². The summed E-state index contributed by atoms with van der Waals surface area (Å²) >= 11 is 0. The van der Waals surface area contributed by atoms with Gasteiger partial charge in [0.1, 0.15) is 11.6 Å². The number of para-hydroxylation sites is 1. The first-order valence-electron chi connectivity index (χ1n) is 9.22. The molecule has 3 aromatic rings. The van der Waals surface area contributed by atoms with E-state index in [1.54, 1.807) is 37.4 Å². The van der Waals surface area contributed by atoms with E-state index in [9.17, 15) is 22.0 Å². The SMILES string of the molecule is Cc1cc(CCc2cccc(CS(C)(=O)=O)c2Oc2ccc(F)cc2F)c[nH]c1=O. The molecule has 0 radical (unpaired) electrons. The van der Waals surface area contributed by atoms with E-state index in [1.807, 2.05) is 0 Å². The van der Waals surface area contributed by atoms with Crippen LogP contribution in [0.25, 0.3) is 0 Å². The van der Waals surface area contributed by atoms with Gasteiger partial charge < -0.3 is 9.72 Å². The molecule has 0 bridgehead atoms. The second-order valence-corrected chi connectivity index (χ2v) is 9.31. The lowest BCUT2D eigenvalue weighted by Crippen LogP contribution is -2.10. The van der Waals surface area contributed by atoms with Gasteiger partial charge in [-0.25, -0.2) is 17.2 Å². The Labute approximate surface area is 173 Å². The molecule has 0 spiro atoms. The predicted octanol–water partition coefficient (Wildman–Crippen LogP) is 4.08. The van der Waals surface area contributed by atoms with E-state index in [0.717, 1.165) is 24.0 Å². The second kappa shape index (κ2) is 8.79. The lowest BCUT2D eigenvalue weighted by Gasteiger charge is -2.16. The van der Waals surface area contributed by atoms with E-state index >= 15 is 0 Å². The van der Waals surface area contributed by atoms with Gasteiger partial charge in [0.2, 0.25) is 0 Å². The Kier molecular flexibility index (Phi) is 6.36. The largest absolute Gasteiger partial charge is 0.454 e. The van der Waals surface area contributed by atoms with Gasteiger partial charge >= 0.3 is 0 Å². The topological polar surface area (TPSA) is 76.2 Å². The van der Waals surface area contributed by atoms with Crippen molar-refractivity contribution in [3.05, 3.63) is 92.9 Å². The first-order chi connectivity index (χ1) is 14.1. The number of H-pyrrole nitrogens is 1. The van der Waals surface area contributed by atoms with Crippen LogP contribution >= 0.6 is 0 Å². The third-order valence-corrected chi connectivity index (χ3v) is 5.37. The van der Waals surface area contributed by atoms with Crippen LogP contribution in [0.1, 0.15) is 22.3 Å². The van der Waals surface area contributed by atoms with Crippen LogP contribution in [0.3, 0.4) is 0 Å². The minimum atomic E-state index is -3.38. The molecule has 0 aliphatic heterocycles. The van der Waals surface area contributed by atoms with Crippen molar-refractivity contribution in [2.45, 2.75) is 25.5 Å². The van der Waals surface area contributed by atoms with Gasteiger partial charge in [0, 0.05) is 29.6 Å². The van der Waals surface area contributed by atoms with Crippen molar-refractivity contribution in [3.63, 3.8) is 0 Å². The van der Waals surface area contributed by atoms with E-state index < -0.39 is 21.5 Å². The van der Waals surface area contributed by atoms with E-state index in [4.69, 9.17) is 4.74 Å². The van der Waals surface area contributed by atoms with Crippen LogP contribution in [0, 0.1) is 18.6 Å². The zero-order valence-electron chi connectivity index (χ0n) is 16.5. The van der Waals surface area contributed by atoms with Gasteiger partial charge in [-0.15, -0.1) is 0 Å². The molecule has 1 N–H and O–H groups in total. The average Bonchev–Trinajstić information content (AvgIpc) is 2.65. The van der Waals surface area contributed by atoms with Gasteiger partial charge in [-0.3, -0.25) is 4.79 Å². The van der Waals surface area contributed by atoms with Gasteiger partial charge in [-0.1, -0.05) is 18.2 Å².